The molecule has 2 aromatic carbocycles. The van der Waals surface area contributed by atoms with E-state index in [2.05, 4.69) is 20.1 Å². The molecule has 0 atom stereocenters. The van der Waals surface area contributed by atoms with Crippen LogP contribution in [0.3, 0.4) is 0 Å². The van der Waals surface area contributed by atoms with Crippen molar-refractivity contribution in [3.05, 3.63) is 87.9 Å². The average Bonchev–Trinajstić information content (AvgIpc) is 3.17. The summed E-state index contributed by atoms with van der Waals surface area (Å²) in [5.41, 5.74) is 2.88. The number of para-hydroxylation sites is 2. The number of rotatable bonds is 4. The summed E-state index contributed by atoms with van der Waals surface area (Å²) in [7, 11) is 0. The third-order valence-electron chi connectivity index (χ3n) is 4.53. The van der Waals surface area contributed by atoms with Gasteiger partial charge in [0.05, 0.1) is 17.4 Å². The van der Waals surface area contributed by atoms with Crippen molar-refractivity contribution in [3.63, 3.8) is 0 Å². The van der Waals surface area contributed by atoms with Gasteiger partial charge in [0.1, 0.15) is 10.5 Å². The van der Waals surface area contributed by atoms with Crippen LogP contribution < -0.4 is 5.56 Å². The molecule has 5 rings (SSSR count). The number of fused-ring (bicyclic) bond motifs is 2. The number of hydrogen-bond donors (Lipinski definition) is 1. The van der Waals surface area contributed by atoms with Gasteiger partial charge in [-0.3, -0.25) is 4.79 Å². The lowest BCUT2D eigenvalue weighted by Gasteiger charge is -2.07. The van der Waals surface area contributed by atoms with Crippen LogP contribution in [0.4, 0.5) is 0 Å². The molecule has 8 heteroatoms. The molecule has 0 aliphatic rings. The van der Waals surface area contributed by atoms with Crippen LogP contribution in [0.15, 0.2) is 76.8 Å². The molecule has 0 unspecified atom stereocenters. The van der Waals surface area contributed by atoms with Gasteiger partial charge in [0, 0.05) is 16.7 Å². The summed E-state index contributed by atoms with van der Waals surface area (Å²) in [4.78, 5) is 24.4. The SMILES string of the molecule is O=c1[nH]c(SCc2cc3ccccc3nc2Cl)nc2c1cnn2-c1ccccc1. The van der Waals surface area contributed by atoms with E-state index in [1.54, 1.807) is 4.68 Å². The highest BCUT2D eigenvalue weighted by Gasteiger charge is 2.13. The summed E-state index contributed by atoms with van der Waals surface area (Å²) < 4.78 is 1.67. The Labute approximate surface area is 174 Å². The summed E-state index contributed by atoms with van der Waals surface area (Å²) in [5, 5.41) is 6.75. The van der Waals surface area contributed by atoms with E-state index in [4.69, 9.17) is 11.6 Å². The van der Waals surface area contributed by atoms with Crippen molar-refractivity contribution in [2.24, 2.45) is 0 Å². The number of thioether (sulfide) groups is 1. The summed E-state index contributed by atoms with van der Waals surface area (Å²) in [6.45, 7) is 0. The molecule has 0 aliphatic heterocycles. The quantitative estimate of drug-likeness (QED) is 0.261. The van der Waals surface area contributed by atoms with Gasteiger partial charge in [0.2, 0.25) is 0 Å². The lowest BCUT2D eigenvalue weighted by Crippen LogP contribution is -2.09. The number of hydrogen-bond acceptors (Lipinski definition) is 5. The largest absolute Gasteiger partial charge is 0.301 e. The second-order valence-electron chi connectivity index (χ2n) is 6.42. The standard InChI is InChI=1S/C21H14ClN5OS/c22-18-14(10-13-6-4-5-9-17(13)24-18)12-29-21-25-19-16(20(28)26-21)11-23-27(19)15-7-2-1-3-8-15/h1-11H,12H2,(H,25,26,28). The van der Waals surface area contributed by atoms with E-state index in [1.165, 1.54) is 18.0 Å². The summed E-state index contributed by atoms with van der Waals surface area (Å²) in [6.07, 6.45) is 1.53. The lowest BCUT2D eigenvalue weighted by molar-refractivity contribution is 0.873. The Hall–Kier alpha value is -3.16. The topological polar surface area (TPSA) is 76.5 Å². The molecule has 6 nitrogen and oxygen atoms in total. The molecule has 0 aliphatic carbocycles. The molecule has 0 radical (unpaired) electrons. The average molecular weight is 420 g/mol. The normalized spacial score (nSPS) is 11.3. The Morgan fingerprint density at radius 2 is 1.83 bits per heavy atom. The number of nitrogens with zero attached hydrogens (tertiary/aromatic N) is 4. The van der Waals surface area contributed by atoms with Gasteiger partial charge in [0.15, 0.2) is 10.8 Å². The Morgan fingerprint density at radius 3 is 2.69 bits per heavy atom. The minimum atomic E-state index is -0.220. The van der Waals surface area contributed by atoms with Crippen LogP contribution in [0.2, 0.25) is 5.15 Å². The van der Waals surface area contributed by atoms with Gasteiger partial charge >= 0.3 is 0 Å². The first-order valence-corrected chi connectivity index (χ1v) is 10.3. The molecule has 0 saturated carbocycles. The Morgan fingerprint density at radius 1 is 1.03 bits per heavy atom. The van der Waals surface area contributed by atoms with Gasteiger partial charge in [-0.2, -0.15) is 5.10 Å². The van der Waals surface area contributed by atoms with E-state index in [1.807, 2.05) is 60.7 Å². The molecule has 29 heavy (non-hydrogen) atoms. The van der Waals surface area contributed by atoms with Crippen molar-refractivity contribution in [2.45, 2.75) is 10.9 Å². The number of nitrogens with one attached hydrogen (secondary N) is 1. The number of H-pyrrole nitrogens is 1. The Balaban J connectivity index is 1.50. The molecule has 5 aromatic rings. The maximum atomic E-state index is 12.5. The van der Waals surface area contributed by atoms with Crippen LogP contribution in [0, 0.1) is 0 Å². The van der Waals surface area contributed by atoms with Crippen molar-refractivity contribution >= 4 is 45.3 Å². The van der Waals surface area contributed by atoms with Crippen molar-refractivity contribution in [2.75, 3.05) is 0 Å². The zero-order valence-corrected chi connectivity index (χ0v) is 16.6. The second kappa shape index (κ2) is 7.35. The van der Waals surface area contributed by atoms with Crippen LogP contribution in [0.25, 0.3) is 27.6 Å². The second-order valence-corrected chi connectivity index (χ2v) is 7.74. The molecule has 3 aromatic heterocycles. The molecule has 0 fully saturated rings. The van der Waals surface area contributed by atoms with Crippen LogP contribution in [-0.4, -0.2) is 24.7 Å². The van der Waals surface area contributed by atoms with E-state index in [-0.39, 0.29) is 5.56 Å². The smallest absolute Gasteiger partial charge is 0.262 e. The van der Waals surface area contributed by atoms with E-state index in [0.29, 0.717) is 27.1 Å². The maximum Gasteiger partial charge on any atom is 0.262 e. The number of pyridine rings is 1. The molecule has 0 amide bonds. The van der Waals surface area contributed by atoms with Crippen molar-refractivity contribution in [1.29, 1.82) is 0 Å². The van der Waals surface area contributed by atoms with E-state index in [0.717, 1.165) is 22.2 Å². The third kappa shape index (κ3) is 3.39. The number of aromatic nitrogens is 5. The van der Waals surface area contributed by atoms with Gasteiger partial charge < -0.3 is 4.98 Å². The van der Waals surface area contributed by atoms with Gasteiger partial charge in [0.25, 0.3) is 5.56 Å². The fraction of sp³-hybridized carbons (Fsp3) is 0.0476. The molecule has 0 spiro atoms. The van der Waals surface area contributed by atoms with E-state index >= 15 is 0 Å². The Bertz CT molecular complexity index is 1400. The minimum absolute atomic E-state index is 0.220. The fourth-order valence-electron chi connectivity index (χ4n) is 3.11. The zero-order chi connectivity index (χ0) is 19.8. The predicted molar refractivity (Wildman–Crippen MR) is 116 cm³/mol. The first kappa shape index (κ1) is 17.9. The molecular weight excluding hydrogens is 406 g/mol. The van der Waals surface area contributed by atoms with E-state index in [9.17, 15) is 4.79 Å². The van der Waals surface area contributed by atoms with Gasteiger partial charge in [-0.05, 0) is 24.3 Å². The molecule has 1 N–H and O–H groups in total. The summed E-state index contributed by atoms with van der Waals surface area (Å²) >= 11 is 7.75. The monoisotopic (exact) mass is 419 g/mol. The maximum absolute atomic E-state index is 12.5. The van der Waals surface area contributed by atoms with Crippen molar-refractivity contribution < 1.29 is 0 Å². The predicted octanol–water partition coefficient (Wildman–Crippen LogP) is 4.60. The third-order valence-corrected chi connectivity index (χ3v) is 5.78. The van der Waals surface area contributed by atoms with Gasteiger partial charge in [-0.15, -0.1) is 0 Å². The van der Waals surface area contributed by atoms with Crippen LogP contribution in [0.5, 0.6) is 0 Å². The van der Waals surface area contributed by atoms with Crippen molar-refractivity contribution in [1.82, 2.24) is 24.7 Å². The summed E-state index contributed by atoms with van der Waals surface area (Å²) in [5.74, 6) is 0.532. The highest BCUT2D eigenvalue weighted by atomic mass is 35.5. The number of aromatic amines is 1. The van der Waals surface area contributed by atoms with Crippen LogP contribution in [0.1, 0.15) is 5.56 Å². The molecule has 3 heterocycles. The molecular formula is C21H14ClN5OS. The minimum Gasteiger partial charge on any atom is -0.301 e. The summed E-state index contributed by atoms with van der Waals surface area (Å²) in [6, 6.07) is 19.4. The first-order chi connectivity index (χ1) is 14.2. The molecule has 142 valence electrons. The van der Waals surface area contributed by atoms with E-state index < -0.39 is 0 Å². The molecule has 0 bridgehead atoms. The number of halogens is 1. The first-order valence-electron chi connectivity index (χ1n) is 8.89. The zero-order valence-electron chi connectivity index (χ0n) is 15.0. The van der Waals surface area contributed by atoms with Gasteiger partial charge in [-0.1, -0.05) is 59.8 Å². The Kier molecular flexibility index (Phi) is 4.54. The van der Waals surface area contributed by atoms with Crippen LogP contribution in [-0.2, 0) is 5.75 Å². The highest BCUT2D eigenvalue weighted by molar-refractivity contribution is 7.98. The molecule has 0 saturated heterocycles. The van der Waals surface area contributed by atoms with Gasteiger partial charge in [-0.25, -0.2) is 14.6 Å². The fourth-order valence-corrected chi connectivity index (χ4v) is 4.23. The number of benzene rings is 2. The lowest BCUT2D eigenvalue weighted by atomic mass is 10.2. The van der Waals surface area contributed by atoms with Crippen molar-refractivity contribution in [3.8, 4) is 5.69 Å². The van der Waals surface area contributed by atoms with Crippen LogP contribution >= 0.6 is 23.4 Å². The highest BCUT2D eigenvalue weighted by Crippen LogP contribution is 2.27.